The molecule has 7 nitrogen and oxygen atoms in total. The molecule has 0 saturated carbocycles. The van der Waals surface area contributed by atoms with E-state index in [0.717, 1.165) is 11.3 Å². The highest BCUT2D eigenvalue weighted by Gasteiger charge is 2.13. The third kappa shape index (κ3) is 7.32. The van der Waals surface area contributed by atoms with E-state index in [2.05, 4.69) is 15.4 Å². The van der Waals surface area contributed by atoms with Crippen LogP contribution in [0.5, 0.6) is 0 Å². The summed E-state index contributed by atoms with van der Waals surface area (Å²) in [6, 6.07) is 19.4. The van der Waals surface area contributed by atoms with Crippen LogP contribution >= 0.6 is 12.2 Å². The van der Waals surface area contributed by atoms with Gasteiger partial charge in [0.1, 0.15) is 5.76 Å². The van der Waals surface area contributed by atoms with E-state index in [1.165, 1.54) is 12.1 Å². The summed E-state index contributed by atoms with van der Waals surface area (Å²) in [7, 11) is -3.61. The lowest BCUT2D eigenvalue weighted by Gasteiger charge is -2.11. The van der Waals surface area contributed by atoms with Crippen LogP contribution in [0.4, 0.5) is 5.69 Å². The summed E-state index contributed by atoms with van der Waals surface area (Å²) in [6.45, 7) is 0.306. The van der Waals surface area contributed by atoms with Gasteiger partial charge in [0.15, 0.2) is 5.11 Å². The highest BCUT2D eigenvalue weighted by molar-refractivity contribution is 7.89. The number of aryl methyl sites for hydroxylation is 1. The predicted molar refractivity (Wildman–Crippen MR) is 123 cm³/mol. The molecule has 0 aliphatic rings. The topological polar surface area (TPSA) is 100 Å². The highest BCUT2D eigenvalue weighted by atomic mass is 32.2. The number of sulfonamides is 1. The lowest BCUT2D eigenvalue weighted by Crippen LogP contribution is -2.34. The molecule has 1 amide bonds. The van der Waals surface area contributed by atoms with Crippen molar-refractivity contribution in [2.24, 2.45) is 0 Å². The van der Waals surface area contributed by atoms with Crippen LogP contribution in [0, 0.1) is 0 Å². The van der Waals surface area contributed by atoms with E-state index in [9.17, 15) is 13.2 Å². The van der Waals surface area contributed by atoms with Gasteiger partial charge in [0.2, 0.25) is 15.9 Å². The quantitative estimate of drug-likeness (QED) is 0.427. The molecular weight excluding hydrogens is 434 g/mol. The molecule has 162 valence electrons. The molecule has 3 aromatic rings. The Morgan fingerprint density at radius 1 is 0.935 bits per heavy atom. The number of anilines is 1. The third-order valence-electron chi connectivity index (χ3n) is 4.40. The molecule has 2 aromatic carbocycles. The molecule has 3 rings (SSSR count). The minimum atomic E-state index is -3.61. The molecule has 1 heterocycles. The minimum absolute atomic E-state index is 0.140. The van der Waals surface area contributed by atoms with Crippen LogP contribution in [-0.4, -0.2) is 26.0 Å². The number of rotatable bonds is 9. The number of benzene rings is 2. The number of nitrogens with one attached hydrogen (secondary N) is 3. The van der Waals surface area contributed by atoms with Crippen molar-refractivity contribution in [1.82, 2.24) is 10.0 Å². The molecule has 3 N–H and O–H groups in total. The van der Waals surface area contributed by atoms with Gasteiger partial charge in [-0.1, -0.05) is 30.3 Å². The second kappa shape index (κ2) is 10.9. The first kappa shape index (κ1) is 22.7. The normalized spacial score (nSPS) is 11.1. The smallest absolute Gasteiger partial charge is 0.240 e. The standard InChI is InChI=1S/C22H23N3O4S2/c26-21(13-10-19-7-4-16-29-19)25-22(30)24-18-8-11-20(12-9-18)31(27,28)23-15-14-17-5-2-1-3-6-17/h1-9,11-12,16,23H,10,13-15H2,(H2,24,25,26,30). The number of amides is 1. The summed E-state index contributed by atoms with van der Waals surface area (Å²) in [5, 5.41) is 5.60. The second-order valence-corrected chi connectivity index (χ2v) is 8.91. The Morgan fingerprint density at radius 3 is 2.35 bits per heavy atom. The lowest BCUT2D eigenvalue weighted by atomic mass is 10.2. The first-order valence-electron chi connectivity index (χ1n) is 9.69. The third-order valence-corrected chi connectivity index (χ3v) is 6.08. The van der Waals surface area contributed by atoms with Crippen molar-refractivity contribution in [1.29, 1.82) is 0 Å². The van der Waals surface area contributed by atoms with Crippen LogP contribution in [0.25, 0.3) is 0 Å². The Labute approximate surface area is 186 Å². The summed E-state index contributed by atoms with van der Waals surface area (Å²) in [6.07, 6.45) is 2.88. The Bertz CT molecular complexity index is 1100. The number of carbonyl (C=O) groups excluding carboxylic acids is 1. The zero-order valence-electron chi connectivity index (χ0n) is 16.7. The predicted octanol–water partition coefficient (Wildman–Crippen LogP) is 3.25. The van der Waals surface area contributed by atoms with E-state index in [-0.39, 0.29) is 22.3 Å². The Balaban J connectivity index is 1.46. The summed E-state index contributed by atoms with van der Waals surface area (Å²) >= 11 is 5.14. The Morgan fingerprint density at radius 2 is 1.68 bits per heavy atom. The zero-order valence-corrected chi connectivity index (χ0v) is 18.3. The maximum absolute atomic E-state index is 12.4. The molecule has 0 aliphatic carbocycles. The molecule has 1 aromatic heterocycles. The zero-order chi connectivity index (χ0) is 22.1. The van der Waals surface area contributed by atoms with Crippen LogP contribution < -0.4 is 15.4 Å². The fourth-order valence-electron chi connectivity index (χ4n) is 2.82. The molecular formula is C22H23N3O4S2. The maximum Gasteiger partial charge on any atom is 0.240 e. The minimum Gasteiger partial charge on any atom is -0.469 e. The molecule has 0 spiro atoms. The second-order valence-electron chi connectivity index (χ2n) is 6.74. The molecule has 31 heavy (non-hydrogen) atoms. The number of carbonyl (C=O) groups is 1. The van der Waals surface area contributed by atoms with Gasteiger partial charge < -0.3 is 15.1 Å². The van der Waals surface area contributed by atoms with E-state index >= 15 is 0 Å². The van der Waals surface area contributed by atoms with E-state index < -0.39 is 10.0 Å². The largest absolute Gasteiger partial charge is 0.469 e. The monoisotopic (exact) mass is 457 g/mol. The van der Waals surface area contributed by atoms with Gasteiger partial charge in [0.05, 0.1) is 11.2 Å². The highest BCUT2D eigenvalue weighted by Crippen LogP contribution is 2.14. The van der Waals surface area contributed by atoms with Crippen LogP contribution in [0.3, 0.4) is 0 Å². The molecule has 9 heteroatoms. The van der Waals surface area contributed by atoms with E-state index in [1.54, 1.807) is 30.5 Å². The van der Waals surface area contributed by atoms with E-state index in [1.807, 2.05) is 30.3 Å². The molecule has 0 atom stereocenters. The SMILES string of the molecule is O=C(CCc1ccco1)NC(=S)Nc1ccc(S(=O)(=O)NCCc2ccccc2)cc1. The van der Waals surface area contributed by atoms with Crippen LogP contribution in [0.1, 0.15) is 17.7 Å². The summed E-state index contributed by atoms with van der Waals surface area (Å²) < 4.78 is 32.7. The van der Waals surface area contributed by atoms with Gasteiger partial charge in [-0.2, -0.15) is 0 Å². The average Bonchev–Trinajstić information content (AvgIpc) is 3.27. The van der Waals surface area contributed by atoms with Crippen molar-refractivity contribution in [2.45, 2.75) is 24.2 Å². The molecule has 0 bridgehead atoms. The first-order valence-corrected chi connectivity index (χ1v) is 11.6. The molecule has 0 aliphatic heterocycles. The summed E-state index contributed by atoms with van der Waals surface area (Å²) in [5.41, 5.74) is 1.63. The van der Waals surface area contributed by atoms with Gasteiger partial charge in [-0.3, -0.25) is 4.79 Å². The number of hydrogen-bond acceptors (Lipinski definition) is 5. The Kier molecular flexibility index (Phi) is 7.94. The van der Waals surface area contributed by atoms with Gasteiger partial charge in [-0.05, 0) is 60.6 Å². The fourth-order valence-corrected chi connectivity index (χ4v) is 4.08. The number of furan rings is 1. The van der Waals surface area contributed by atoms with Gasteiger partial charge in [-0.25, -0.2) is 13.1 Å². The van der Waals surface area contributed by atoms with Gasteiger partial charge in [0.25, 0.3) is 0 Å². The molecule has 0 unspecified atom stereocenters. The Hall–Kier alpha value is -3.01. The molecule has 0 saturated heterocycles. The van der Waals surface area contributed by atoms with E-state index in [0.29, 0.717) is 25.1 Å². The maximum atomic E-state index is 12.4. The fraction of sp³-hybridized carbons (Fsp3) is 0.182. The van der Waals surface area contributed by atoms with Crippen LogP contribution in [-0.2, 0) is 27.7 Å². The molecule has 0 radical (unpaired) electrons. The average molecular weight is 458 g/mol. The van der Waals surface area contributed by atoms with Crippen LogP contribution in [0.2, 0.25) is 0 Å². The van der Waals surface area contributed by atoms with Gasteiger partial charge in [0, 0.05) is 25.1 Å². The van der Waals surface area contributed by atoms with Crippen molar-refractivity contribution >= 4 is 38.9 Å². The van der Waals surface area contributed by atoms with Crippen LogP contribution in [0.15, 0.2) is 82.3 Å². The summed E-state index contributed by atoms with van der Waals surface area (Å²) in [5.74, 6) is 0.485. The van der Waals surface area contributed by atoms with Gasteiger partial charge >= 0.3 is 0 Å². The molecule has 0 fully saturated rings. The van der Waals surface area contributed by atoms with Crippen molar-refractivity contribution in [3.8, 4) is 0 Å². The number of hydrogen-bond donors (Lipinski definition) is 3. The van der Waals surface area contributed by atoms with Gasteiger partial charge in [-0.15, -0.1) is 0 Å². The van der Waals surface area contributed by atoms with Crippen molar-refractivity contribution in [2.75, 3.05) is 11.9 Å². The van der Waals surface area contributed by atoms with Crippen molar-refractivity contribution < 1.29 is 17.6 Å². The van der Waals surface area contributed by atoms with E-state index in [4.69, 9.17) is 16.6 Å². The first-order chi connectivity index (χ1) is 14.9. The number of thiocarbonyl (C=S) groups is 1. The van der Waals surface area contributed by atoms with Crippen molar-refractivity contribution in [3.63, 3.8) is 0 Å². The summed E-state index contributed by atoms with van der Waals surface area (Å²) in [4.78, 5) is 12.1. The lowest BCUT2D eigenvalue weighted by molar-refractivity contribution is -0.119. The van der Waals surface area contributed by atoms with Crippen molar-refractivity contribution in [3.05, 3.63) is 84.3 Å².